The number of carbonyl (C=O) groups is 1. The van der Waals surface area contributed by atoms with Gasteiger partial charge in [-0.3, -0.25) is 9.69 Å². The van der Waals surface area contributed by atoms with Gasteiger partial charge in [0.15, 0.2) is 0 Å². The molecule has 1 aliphatic heterocycles. The highest BCUT2D eigenvalue weighted by Crippen LogP contribution is 2.23. The fourth-order valence-corrected chi connectivity index (χ4v) is 3.06. The van der Waals surface area contributed by atoms with Crippen LogP contribution in [-0.4, -0.2) is 44.2 Å². The van der Waals surface area contributed by atoms with E-state index in [9.17, 15) is 4.79 Å². The van der Waals surface area contributed by atoms with Crippen LogP contribution in [0.2, 0.25) is 5.02 Å². The van der Waals surface area contributed by atoms with Crippen LogP contribution >= 0.6 is 11.6 Å². The maximum Gasteiger partial charge on any atom is 0.238 e. The van der Waals surface area contributed by atoms with Crippen LogP contribution in [0.5, 0.6) is 0 Å². The zero-order valence-corrected chi connectivity index (χ0v) is 13.4. The first-order valence-corrected chi connectivity index (χ1v) is 7.73. The quantitative estimate of drug-likeness (QED) is 0.909. The first-order chi connectivity index (χ1) is 10.1. The molecule has 1 heterocycles. The lowest BCUT2D eigenvalue weighted by Crippen LogP contribution is -2.41. The number of halogens is 1. The number of carbonyl (C=O) groups excluding carboxylic acids is 1. The summed E-state index contributed by atoms with van der Waals surface area (Å²) in [5, 5.41) is 3.47. The average Bonchev–Trinajstić information content (AvgIpc) is 2.43. The lowest BCUT2D eigenvalue weighted by atomic mass is 9.99. The molecule has 0 aliphatic carbocycles. The van der Waals surface area contributed by atoms with E-state index < -0.39 is 0 Å². The van der Waals surface area contributed by atoms with E-state index in [4.69, 9.17) is 16.3 Å². The average molecular weight is 311 g/mol. The Morgan fingerprint density at radius 2 is 2.33 bits per heavy atom. The maximum atomic E-state index is 12.1. The number of nitrogens with zero attached hydrogens (tertiary/aromatic N) is 1. The van der Waals surface area contributed by atoms with Crippen molar-refractivity contribution in [2.24, 2.45) is 5.92 Å². The van der Waals surface area contributed by atoms with Crippen molar-refractivity contribution in [3.05, 3.63) is 28.8 Å². The minimum Gasteiger partial charge on any atom is -0.384 e. The molecule has 1 fully saturated rings. The highest BCUT2D eigenvalue weighted by atomic mass is 35.5. The Balaban J connectivity index is 1.86. The molecule has 21 heavy (non-hydrogen) atoms. The van der Waals surface area contributed by atoms with Gasteiger partial charge in [-0.15, -0.1) is 0 Å². The summed E-state index contributed by atoms with van der Waals surface area (Å²) in [4.78, 5) is 14.3. The minimum atomic E-state index is -0.0150. The number of amides is 1. The van der Waals surface area contributed by atoms with E-state index in [-0.39, 0.29) is 5.91 Å². The third-order valence-electron chi connectivity index (χ3n) is 3.77. The van der Waals surface area contributed by atoms with Crippen LogP contribution < -0.4 is 5.32 Å². The van der Waals surface area contributed by atoms with Gasteiger partial charge >= 0.3 is 0 Å². The van der Waals surface area contributed by atoms with E-state index >= 15 is 0 Å². The van der Waals surface area contributed by atoms with Gasteiger partial charge in [-0.25, -0.2) is 0 Å². The van der Waals surface area contributed by atoms with Gasteiger partial charge in [-0.1, -0.05) is 17.7 Å². The molecule has 5 heteroatoms. The van der Waals surface area contributed by atoms with Crippen molar-refractivity contribution in [1.29, 1.82) is 0 Å². The van der Waals surface area contributed by atoms with Gasteiger partial charge in [0.1, 0.15) is 0 Å². The number of likely N-dealkylation sites (tertiary alicyclic amines) is 1. The SMILES string of the molecule is COCC1CCCN(CC(=O)Nc2ccc(C)cc2Cl)C1. The number of nitrogens with one attached hydrogen (secondary N) is 1. The van der Waals surface area contributed by atoms with Gasteiger partial charge in [0.05, 0.1) is 23.9 Å². The summed E-state index contributed by atoms with van der Waals surface area (Å²) in [6.07, 6.45) is 2.29. The zero-order valence-electron chi connectivity index (χ0n) is 12.7. The van der Waals surface area contributed by atoms with E-state index in [1.807, 2.05) is 25.1 Å². The fraction of sp³-hybridized carbons (Fsp3) is 0.562. The Kier molecular flexibility index (Phi) is 6.03. The summed E-state index contributed by atoms with van der Waals surface area (Å²) in [5.41, 5.74) is 1.76. The standard InChI is InChI=1S/C16H23ClN2O2/c1-12-5-6-15(14(17)8-12)18-16(20)10-19-7-3-4-13(9-19)11-21-2/h5-6,8,13H,3-4,7,9-11H2,1-2H3,(H,18,20). The van der Waals surface area contributed by atoms with E-state index in [0.717, 1.165) is 31.7 Å². The zero-order chi connectivity index (χ0) is 15.2. The Morgan fingerprint density at radius 1 is 1.52 bits per heavy atom. The second-order valence-electron chi connectivity index (χ2n) is 5.73. The third kappa shape index (κ3) is 4.99. The van der Waals surface area contributed by atoms with Gasteiger partial charge in [0.2, 0.25) is 5.91 Å². The van der Waals surface area contributed by atoms with Gasteiger partial charge < -0.3 is 10.1 Å². The molecule has 0 radical (unpaired) electrons. The van der Waals surface area contributed by atoms with E-state index in [1.54, 1.807) is 7.11 Å². The van der Waals surface area contributed by atoms with Crippen LogP contribution in [0.15, 0.2) is 18.2 Å². The van der Waals surface area contributed by atoms with Crippen molar-refractivity contribution >= 4 is 23.2 Å². The molecule has 116 valence electrons. The molecule has 0 bridgehead atoms. The number of aryl methyl sites for hydroxylation is 1. The van der Waals surface area contributed by atoms with Gasteiger partial charge in [-0.2, -0.15) is 0 Å². The van der Waals surface area contributed by atoms with E-state index in [2.05, 4.69) is 10.2 Å². The number of benzene rings is 1. The largest absolute Gasteiger partial charge is 0.384 e. The number of piperidine rings is 1. The van der Waals surface area contributed by atoms with Crippen LogP contribution in [0.3, 0.4) is 0 Å². The van der Waals surface area contributed by atoms with Crippen molar-refractivity contribution < 1.29 is 9.53 Å². The molecule has 2 rings (SSSR count). The van der Waals surface area contributed by atoms with E-state index in [1.165, 1.54) is 6.42 Å². The minimum absolute atomic E-state index is 0.0150. The summed E-state index contributed by atoms with van der Waals surface area (Å²) in [6.45, 7) is 5.03. The van der Waals surface area contributed by atoms with Crippen molar-refractivity contribution in [2.75, 3.05) is 38.7 Å². The molecule has 1 aromatic rings. The van der Waals surface area contributed by atoms with Crippen LogP contribution in [0, 0.1) is 12.8 Å². The molecule has 1 saturated heterocycles. The molecule has 1 aliphatic rings. The second-order valence-corrected chi connectivity index (χ2v) is 6.14. The molecule has 1 atom stereocenters. The summed E-state index contributed by atoms with van der Waals surface area (Å²) in [7, 11) is 1.73. The van der Waals surface area contributed by atoms with Gasteiger partial charge in [-0.05, 0) is 49.9 Å². The molecule has 1 aromatic carbocycles. The number of hydrogen-bond donors (Lipinski definition) is 1. The summed E-state index contributed by atoms with van der Waals surface area (Å²) < 4.78 is 5.21. The summed E-state index contributed by atoms with van der Waals surface area (Å²) in [5.74, 6) is 0.512. The Morgan fingerprint density at radius 3 is 3.05 bits per heavy atom. The Labute approximate surface area is 131 Å². The number of methoxy groups -OCH3 is 1. The van der Waals surface area contributed by atoms with Crippen LogP contribution in [0.4, 0.5) is 5.69 Å². The number of ether oxygens (including phenoxy) is 1. The molecule has 0 aromatic heterocycles. The first-order valence-electron chi connectivity index (χ1n) is 7.36. The third-order valence-corrected chi connectivity index (χ3v) is 4.08. The fourth-order valence-electron chi connectivity index (χ4n) is 2.78. The highest BCUT2D eigenvalue weighted by molar-refractivity contribution is 6.33. The summed E-state index contributed by atoms with van der Waals surface area (Å²) in [6, 6.07) is 5.64. The highest BCUT2D eigenvalue weighted by Gasteiger charge is 2.21. The topological polar surface area (TPSA) is 41.6 Å². The number of rotatable bonds is 5. The van der Waals surface area contributed by atoms with Gasteiger partial charge in [0.25, 0.3) is 0 Å². The molecule has 4 nitrogen and oxygen atoms in total. The predicted octanol–water partition coefficient (Wildman–Crippen LogP) is 2.95. The van der Waals surface area contributed by atoms with Crippen molar-refractivity contribution in [2.45, 2.75) is 19.8 Å². The molecule has 0 saturated carbocycles. The second kappa shape index (κ2) is 7.78. The van der Waals surface area contributed by atoms with Crippen LogP contribution in [0.1, 0.15) is 18.4 Å². The maximum absolute atomic E-state index is 12.1. The van der Waals surface area contributed by atoms with Crippen molar-refractivity contribution in [1.82, 2.24) is 4.90 Å². The predicted molar refractivity (Wildman–Crippen MR) is 85.9 cm³/mol. The lowest BCUT2D eigenvalue weighted by molar-refractivity contribution is -0.117. The number of hydrogen-bond acceptors (Lipinski definition) is 3. The van der Waals surface area contributed by atoms with Crippen molar-refractivity contribution in [3.63, 3.8) is 0 Å². The first kappa shape index (κ1) is 16.3. The van der Waals surface area contributed by atoms with Crippen LogP contribution in [-0.2, 0) is 9.53 Å². The molecule has 1 N–H and O–H groups in total. The monoisotopic (exact) mass is 310 g/mol. The lowest BCUT2D eigenvalue weighted by Gasteiger charge is -2.31. The molecule has 1 amide bonds. The normalized spacial score (nSPS) is 19.5. The molecular formula is C16H23ClN2O2. The smallest absolute Gasteiger partial charge is 0.238 e. The van der Waals surface area contributed by atoms with Crippen molar-refractivity contribution in [3.8, 4) is 0 Å². The van der Waals surface area contributed by atoms with Gasteiger partial charge in [0, 0.05) is 13.7 Å². The Bertz CT molecular complexity index is 491. The number of anilines is 1. The Hall–Kier alpha value is -1.10. The molecular weight excluding hydrogens is 288 g/mol. The molecule has 1 unspecified atom stereocenters. The van der Waals surface area contributed by atoms with Crippen LogP contribution in [0.25, 0.3) is 0 Å². The summed E-state index contributed by atoms with van der Waals surface area (Å²) >= 11 is 6.14. The van der Waals surface area contributed by atoms with E-state index in [0.29, 0.717) is 23.2 Å². The molecule has 0 spiro atoms.